The number of carbonyl (C=O) groups excluding carboxylic acids is 1. The van der Waals surface area contributed by atoms with Gasteiger partial charge in [-0.15, -0.1) is 0 Å². The lowest BCUT2D eigenvalue weighted by atomic mass is 9.97. The largest absolute Gasteiger partial charge is 0.479 e. The highest BCUT2D eigenvalue weighted by atomic mass is 19.1. The summed E-state index contributed by atoms with van der Waals surface area (Å²) in [6.45, 7) is 5.64. The first kappa shape index (κ1) is 14.7. The summed E-state index contributed by atoms with van der Waals surface area (Å²) >= 11 is 0. The summed E-state index contributed by atoms with van der Waals surface area (Å²) in [7, 11) is 0. The summed E-state index contributed by atoms with van der Waals surface area (Å²) in [4.78, 5) is 24.0. The van der Waals surface area contributed by atoms with Crippen LogP contribution in [0.4, 0.5) is 9.18 Å². The molecule has 0 aliphatic carbocycles. The summed E-state index contributed by atoms with van der Waals surface area (Å²) in [5.74, 6) is -1.45. The van der Waals surface area contributed by atoms with Crippen LogP contribution in [0.3, 0.4) is 0 Å². The second kappa shape index (κ2) is 5.12. The Morgan fingerprint density at radius 2 is 1.89 bits per heavy atom. The molecule has 1 aliphatic heterocycles. The Labute approximate surface area is 106 Å². The predicted molar refractivity (Wildman–Crippen MR) is 63.1 cm³/mol. The molecule has 5 nitrogen and oxygen atoms in total. The Balaban J connectivity index is 2.62. The molecular weight excluding hydrogens is 241 g/mol. The monoisotopic (exact) mass is 261 g/mol. The Hall–Kier alpha value is -1.33. The third kappa shape index (κ3) is 3.85. The van der Waals surface area contributed by atoms with Crippen molar-refractivity contribution >= 4 is 12.1 Å². The molecule has 1 saturated heterocycles. The zero-order valence-electron chi connectivity index (χ0n) is 11.0. The zero-order chi connectivity index (χ0) is 14.0. The van der Waals surface area contributed by atoms with E-state index in [9.17, 15) is 14.0 Å². The zero-order valence-corrected chi connectivity index (χ0v) is 11.0. The first-order valence-corrected chi connectivity index (χ1v) is 6.04. The molecule has 1 unspecified atom stereocenters. The Morgan fingerprint density at radius 3 is 2.39 bits per heavy atom. The van der Waals surface area contributed by atoms with Crippen LogP contribution in [0.5, 0.6) is 0 Å². The van der Waals surface area contributed by atoms with Crippen molar-refractivity contribution in [2.75, 3.05) is 13.1 Å². The normalized spacial score (nSPS) is 25.4. The molecule has 104 valence electrons. The smallest absolute Gasteiger partial charge is 0.410 e. The van der Waals surface area contributed by atoms with Gasteiger partial charge in [0.2, 0.25) is 5.67 Å². The summed E-state index contributed by atoms with van der Waals surface area (Å²) in [5, 5.41) is 8.82. The second-order valence-electron chi connectivity index (χ2n) is 5.59. The number of hydrogen-bond donors (Lipinski definition) is 1. The van der Waals surface area contributed by atoms with Crippen LogP contribution in [0.1, 0.15) is 40.0 Å². The average Bonchev–Trinajstić information content (AvgIpc) is 2.38. The van der Waals surface area contributed by atoms with Crippen LogP contribution < -0.4 is 0 Å². The molecule has 1 amide bonds. The number of ether oxygens (including phenoxy) is 1. The molecule has 1 fully saturated rings. The van der Waals surface area contributed by atoms with Crippen molar-refractivity contribution in [1.29, 1.82) is 0 Å². The number of hydrogen-bond acceptors (Lipinski definition) is 3. The fourth-order valence-electron chi connectivity index (χ4n) is 1.82. The molecule has 0 aromatic heterocycles. The first-order chi connectivity index (χ1) is 8.14. The van der Waals surface area contributed by atoms with Gasteiger partial charge in [-0.05, 0) is 33.6 Å². The molecule has 0 radical (unpaired) electrons. The molecule has 1 rings (SSSR count). The van der Waals surface area contributed by atoms with E-state index in [1.54, 1.807) is 20.8 Å². The van der Waals surface area contributed by atoms with E-state index in [1.807, 2.05) is 0 Å². The second-order valence-corrected chi connectivity index (χ2v) is 5.59. The maximum Gasteiger partial charge on any atom is 0.410 e. The fourth-order valence-corrected chi connectivity index (χ4v) is 1.82. The molecule has 0 aromatic carbocycles. The summed E-state index contributed by atoms with van der Waals surface area (Å²) in [6, 6.07) is 0. The van der Waals surface area contributed by atoms with Crippen molar-refractivity contribution in [3.05, 3.63) is 0 Å². The van der Waals surface area contributed by atoms with Crippen molar-refractivity contribution < 1.29 is 23.8 Å². The number of aliphatic carboxylic acids is 1. The van der Waals surface area contributed by atoms with E-state index in [4.69, 9.17) is 9.84 Å². The van der Waals surface area contributed by atoms with E-state index in [1.165, 1.54) is 4.90 Å². The number of amides is 1. The summed E-state index contributed by atoms with van der Waals surface area (Å²) in [6.07, 6.45) is -0.456. The van der Waals surface area contributed by atoms with E-state index in [0.29, 0.717) is 13.0 Å². The lowest BCUT2D eigenvalue weighted by Crippen LogP contribution is -2.39. The molecule has 1 aliphatic rings. The van der Waals surface area contributed by atoms with Gasteiger partial charge in [0.15, 0.2) is 0 Å². The van der Waals surface area contributed by atoms with Crippen LogP contribution in [0.2, 0.25) is 0 Å². The predicted octanol–water partition coefficient (Wildman–Crippen LogP) is 2.20. The quantitative estimate of drug-likeness (QED) is 0.785. The molecule has 0 saturated carbocycles. The number of halogens is 1. The Morgan fingerprint density at radius 1 is 1.28 bits per heavy atom. The minimum Gasteiger partial charge on any atom is -0.479 e. The van der Waals surface area contributed by atoms with Gasteiger partial charge in [-0.2, -0.15) is 0 Å². The van der Waals surface area contributed by atoms with Gasteiger partial charge in [0.1, 0.15) is 5.60 Å². The Kier molecular flexibility index (Phi) is 4.19. The lowest BCUT2D eigenvalue weighted by molar-refractivity contribution is -0.151. The molecule has 1 atom stereocenters. The summed E-state index contributed by atoms with van der Waals surface area (Å²) < 4.78 is 19.1. The molecule has 0 spiro atoms. The van der Waals surface area contributed by atoms with Crippen LogP contribution in [0.25, 0.3) is 0 Å². The molecule has 6 heteroatoms. The van der Waals surface area contributed by atoms with E-state index in [0.717, 1.165) is 0 Å². The van der Waals surface area contributed by atoms with Crippen molar-refractivity contribution in [1.82, 2.24) is 4.90 Å². The number of carboxylic acids is 1. The van der Waals surface area contributed by atoms with Gasteiger partial charge in [0.05, 0.1) is 0 Å². The van der Waals surface area contributed by atoms with Crippen molar-refractivity contribution in [2.45, 2.75) is 51.3 Å². The third-order valence-corrected chi connectivity index (χ3v) is 2.81. The van der Waals surface area contributed by atoms with Gasteiger partial charge < -0.3 is 14.7 Å². The number of likely N-dealkylation sites (tertiary alicyclic amines) is 1. The SMILES string of the molecule is CC(C)(C)OC(=O)N1CCCC(F)(C(=O)O)CC1. The maximum atomic E-state index is 14.0. The van der Waals surface area contributed by atoms with E-state index >= 15 is 0 Å². The molecule has 0 aromatic rings. The minimum atomic E-state index is -2.23. The van der Waals surface area contributed by atoms with Crippen LogP contribution >= 0.6 is 0 Å². The topological polar surface area (TPSA) is 66.8 Å². The van der Waals surface area contributed by atoms with Crippen LogP contribution in [-0.2, 0) is 9.53 Å². The molecule has 0 bridgehead atoms. The van der Waals surface area contributed by atoms with Crippen molar-refractivity contribution in [3.8, 4) is 0 Å². The molecule has 1 N–H and O–H groups in total. The molecule has 18 heavy (non-hydrogen) atoms. The number of carbonyl (C=O) groups is 2. The number of rotatable bonds is 1. The van der Waals surface area contributed by atoms with Gasteiger partial charge in [0.25, 0.3) is 0 Å². The fraction of sp³-hybridized carbons (Fsp3) is 0.833. The van der Waals surface area contributed by atoms with Crippen molar-refractivity contribution in [3.63, 3.8) is 0 Å². The minimum absolute atomic E-state index is 0.0672. The summed E-state index contributed by atoms with van der Waals surface area (Å²) in [5.41, 5.74) is -2.83. The highest BCUT2D eigenvalue weighted by molar-refractivity contribution is 5.77. The van der Waals surface area contributed by atoms with Crippen LogP contribution in [0, 0.1) is 0 Å². The van der Waals surface area contributed by atoms with Gasteiger partial charge >= 0.3 is 12.1 Å². The third-order valence-electron chi connectivity index (χ3n) is 2.81. The van der Waals surface area contributed by atoms with Gasteiger partial charge in [0, 0.05) is 19.5 Å². The Bertz CT molecular complexity index is 339. The highest BCUT2D eigenvalue weighted by Gasteiger charge is 2.41. The van der Waals surface area contributed by atoms with Crippen LogP contribution in [-0.4, -0.2) is 46.4 Å². The van der Waals surface area contributed by atoms with Gasteiger partial charge in [-0.1, -0.05) is 0 Å². The van der Waals surface area contributed by atoms with E-state index < -0.39 is 23.3 Å². The highest BCUT2D eigenvalue weighted by Crippen LogP contribution is 2.27. The van der Waals surface area contributed by atoms with Crippen molar-refractivity contribution in [2.24, 2.45) is 0 Å². The van der Waals surface area contributed by atoms with E-state index in [2.05, 4.69) is 0 Å². The van der Waals surface area contributed by atoms with Gasteiger partial charge in [-0.3, -0.25) is 0 Å². The number of carboxylic acid groups (broad SMARTS) is 1. The maximum absolute atomic E-state index is 14.0. The lowest BCUT2D eigenvalue weighted by Gasteiger charge is -2.26. The van der Waals surface area contributed by atoms with Gasteiger partial charge in [-0.25, -0.2) is 14.0 Å². The number of alkyl halides is 1. The number of nitrogens with zero attached hydrogens (tertiary/aromatic N) is 1. The average molecular weight is 261 g/mol. The van der Waals surface area contributed by atoms with E-state index in [-0.39, 0.29) is 19.4 Å². The van der Waals surface area contributed by atoms with Crippen LogP contribution in [0.15, 0.2) is 0 Å². The first-order valence-electron chi connectivity index (χ1n) is 6.04. The molecular formula is C12H20FNO4. The molecule has 1 heterocycles. The standard InChI is InChI=1S/C12H20FNO4/c1-11(2,3)18-10(17)14-7-4-5-12(13,6-8-14)9(15)16/h4-8H2,1-3H3,(H,15,16).